The number of ether oxygens (including phenoxy) is 2. The van der Waals surface area contributed by atoms with E-state index in [9.17, 15) is 4.79 Å². The first-order valence-electron chi connectivity index (χ1n) is 9.05. The smallest absolute Gasteiger partial charge is 0.165 e. The van der Waals surface area contributed by atoms with E-state index in [0.29, 0.717) is 13.2 Å². The van der Waals surface area contributed by atoms with Crippen LogP contribution in [0.25, 0.3) is 0 Å². The molecule has 0 radical (unpaired) electrons. The molecule has 0 aliphatic heterocycles. The van der Waals surface area contributed by atoms with Gasteiger partial charge in [0.05, 0.1) is 20.3 Å². The highest BCUT2D eigenvalue weighted by Crippen LogP contribution is 2.45. The molecule has 1 aromatic carbocycles. The fraction of sp³-hybridized carbons (Fsp3) is 0.435. The second kappa shape index (κ2) is 8.50. The van der Waals surface area contributed by atoms with Crippen molar-refractivity contribution >= 4 is 5.78 Å². The van der Waals surface area contributed by atoms with Crippen molar-refractivity contribution in [2.24, 2.45) is 11.3 Å². The molecule has 0 heterocycles. The molecule has 0 saturated carbocycles. The highest BCUT2D eigenvalue weighted by molar-refractivity contribution is 6.00. The average Bonchev–Trinajstić information content (AvgIpc) is 2.99. The van der Waals surface area contributed by atoms with Gasteiger partial charge >= 0.3 is 0 Å². The van der Waals surface area contributed by atoms with E-state index in [2.05, 4.69) is 20.1 Å². The molecule has 2 rings (SSSR count). The first-order valence-corrected chi connectivity index (χ1v) is 9.05. The van der Waals surface area contributed by atoms with Crippen molar-refractivity contribution in [3.8, 4) is 5.75 Å². The Balaban J connectivity index is 2.00. The lowest BCUT2D eigenvalue weighted by atomic mass is 9.85. The fourth-order valence-corrected chi connectivity index (χ4v) is 3.39. The van der Waals surface area contributed by atoms with E-state index in [4.69, 9.17) is 9.47 Å². The number of hydrogen-bond acceptors (Lipinski definition) is 3. The van der Waals surface area contributed by atoms with Crippen molar-refractivity contribution in [3.05, 3.63) is 65.8 Å². The molecule has 1 aliphatic carbocycles. The van der Waals surface area contributed by atoms with Crippen LogP contribution < -0.4 is 4.74 Å². The topological polar surface area (TPSA) is 35.5 Å². The van der Waals surface area contributed by atoms with Gasteiger partial charge in [-0.3, -0.25) is 4.79 Å². The molecule has 1 aliphatic rings. The summed E-state index contributed by atoms with van der Waals surface area (Å²) in [4.78, 5) is 12.7. The minimum absolute atomic E-state index is 0.0767. The maximum absolute atomic E-state index is 12.7. The van der Waals surface area contributed by atoms with E-state index in [1.54, 1.807) is 13.2 Å². The molecule has 2 unspecified atom stereocenters. The van der Waals surface area contributed by atoms with Crippen LogP contribution in [0.4, 0.5) is 0 Å². The van der Waals surface area contributed by atoms with E-state index >= 15 is 0 Å². The Hall–Kier alpha value is -2.13. The van der Waals surface area contributed by atoms with Crippen LogP contribution in [0.3, 0.4) is 0 Å². The first-order chi connectivity index (χ1) is 12.3. The summed E-state index contributed by atoms with van der Waals surface area (Å²) in [5.41, 5.74) is 4.01. The normalized spacial score (nSPS) is 20.8. The summed E-state index contributed by atoms with van der Waals surface area (Å²) in [5.74, 6) is 0.838. The molecule has 0 spiro atoms. The summed E-state index contributed by atoms with van der Waals surface area (Å²) in [5, 5.41) is 0. The molecule has 2 atom stereocenters. The Morgan fingerprint density at radius 3 is 2.42 bits per heavy atom. The summed E-state index contributed by atoms with van der Waals surface area (Å²) in [6.45, 7) is 15.0. The standard InChI is InChI=1S/C23H30O3/c1-7-17(4)22(24)21-13-23(5,12-20(21)16(2)3)15-26-14-18-8-10-19(25-6)11-9-18/h7-11,17H,1-2,12-15H2,3-6H3. The average molecular weight is 354 g/mol. The summed E-state index contributed by atoms with van der Waals surface area (Å²) in [6, 6.07) is 7.89. The minimum Gasteiger partial charge on any atom is -0.497 e. The minimum atomic E-state index is -0.165. The Bertz CT molecular complexity index is 711. The van der Waals surface area contributed by atoms with Crippen molar-refractivity contribution in [1.29, 1.82) is 0 Å². The Morgan fingerprint density at radius 2 is 1.88 bits per heavy atom. The zero-order valence-corrected chi connectivity index (χ0v) is 16.4. The zero-order chi connectivity index (χ0) is 19.3. The number of benzene rings is 1. The van der Waals surface area contributed by atoms with Gasteiger partial charge in [0.15, 0.2) is 5.78 Å². The second-order valence-corrected chi connectivity index (χ2v) is 7.63. The van der Waals surface area contributed by atoms with Gasteiger partial charge in [0, 0.05) is 5.92 Å². The van der Waals surface area contributed by atoms with Crippen molar-refractivity contribution in [1.82, 2.24) is 0 Å². The Kier molecular flexibility index (Phi) is 6.60. The molecule has 140 valence electrons. The molecule has 3 heteroatoms. The molecular weight excluding hydrogens is 324 g/mol. The third-order valence-corrected chi connectivity index (χ3v) is 5.03. The van der Waals surface area contributed by atoms with Crippen LogP contribution >= 0.6 is 0 Å². The number of carbonyl (C=O) groups excluding carboxylic acids is 1. The lowest BCUT2D eigenvalue weighted by Gasteiger charge is -2.24. The van der Waals surface area contributed by atoms with E-state index in [1.807, 2.05) is 38.1 Å². The third-order valence-electron chi connectivity index (χ3n) is 5.03. The molecular formula is C23H30O3. The predicted molar refractivity (Wildman–Crippen MR) is 106 cm³/mol. The molecule has 0 fully saturated rings. The lowest BCUT2D eigenvalue weighted by molar-refractivity contribution is -0.117. The van der Waals surface area contributed by atoms with Gasteiger partial charge in [-0.25, -0.2) is 0 Å². The molecule has 0 N–H and O–H groups in total. The van der Waals surface area contributed by atoms with Crippen molar-refractivity contribution in [2.45, 2.75) is 40.2 Å². The van der Waals surface area contributed by atoms with Crippen molar-refractivity contribution in [3.63, 3.8) is 0 Å². The van der Waals surface area contributed by atoms with Gasteiger partial charge in [-0.2, -0.15) is 0 Å². The van der Waals surface area contributed by atoms with E-state index in [-0.39, 0.29) is 17.1 Å². The molecule has 0 amide bonds. The number of ketones is 1. The highest BCUT2D eigenvalue weighted by atomic mass is 16.5. The van der Waals surface area contributed by atoms with Crippen LogP contribution in [0.5, 0.6) is 5.75 Å². The fourth-order valence-electron chi connectivity index (χ4n) is 3.39. The zero-order valence-electron chi connectivity index (χ0n) is 16.4. The monoisotopic (exact) mass is 354 g/mol. The number of hydrogen-bond donors (Lipinski definition) is 0. The van der Waals surface area contributed by atoms with Gasteiger partial charge in [0.1, 0.15) is 5.75 Å². The van der Waals surface area contributed by atoms with E-state index in [0.717, 1.165) is 40.9 Å². The van der Waals surface area contributed by atoms with Gasteiger partial charge < -0.3 is 9.47 Å². The summed E-state index contributed by atoms with van der Waals surface area (Å²) >= 11 is 0. The van der Waals surface area contributed by atoms with Crippen LogP contribution in [0.15, 0.2) is 60.2 Å². The first kappa shape index (κ1) is 20.2. The van der Waals surface area contributed by atoms with Crippen LogP contribution in [0, 0.1) is 11.3 Å². The Labute approximate surface area is 157 Å². The van der Waals surface area contributed by atoms with Crippen LogP contribution in [0.1, 0.15) is 39.2 Å². The maximum Gasteiger partial charge on any atom is 0.165 e. The molecule has 0 saturated heterocycles. The lowest BCUT2D eigenvalue weighted by Crippen LogP contribution is -2.22. The largest absolute Gasteiger partial charge is 0.497 e. The molecule has 0 bridgehead atoms. The van der Waals surface area contributed by atoms with Crippen molar-refractivity contribution in [2.75, 3.05) is 13.7 Å². The molecule has 0 aromatic heterocycles. The number of rotatable bonds is 9. The Morgan fingerprint density at radius 1 is 1.27 bits per heavy atom. The number of carbonyl (C=O) groups is 1. The number of allylic oxidation sites excluding steroid dienone is 4. The molecule has 1 aromatic rings. The summed E-state index contributed by atoms with van der Waals surface area (Å²) in [7, 11) is 1.66. The third kappa shape index (κ3) is 4.73. The van der Waals surface area contributed by atoms with Crippen LogP contribution in [-0.2, 0) is 16.1 Å². The molecule has 26 heavy (non-hydrogen) atoms. The van der Waals surface area contributed by atoms with Gasteiger partial charge in [-0.15, -0.1) is 6.58 Å². The van der Waals surface area contributed by atoms with Gasteiger partial charge in [-0.05, 0) is 54.0 Å². The van der Waals surface area contributed by atoms with Crippen molar-refractivity contribution < 1.29 is 14.3 Å². The van der Waals surface area contributed by atoms with Crippen LogP contribution in [0.2, 0.25) is 0 Å². The van der Waals surface area contributed by atoms with E-state index in [1.165, 1.54) is 0 Å². The maximum atomic E-state index is 12.7. The summed E-state index contributed by atoms with van der Waals surface area (Å²) < 4.78 is 11.2. The summed E-state index contributed by atoms with van der Waals surface area (Å²) in [6.07, 6.45) is 3.27. The van der Waals surface area contributed by atoms with Gasteiger partial charge in [0.2, 0.25) is 0 Å². The number of Topliss-reactive ketones (excluding diaryl/α,β-unsaturated/α-hetero) is 1. The van der Waals surface area contributed by atoms with Gasteiger partial charge in [0.25, 0.3) is 0 Å². The second-order valence-electron chi connectivity index (χ2n) is 7.63. The highest BCUT2D eigenvalue weighted by Gasteiger charge is 2.38. The van der Waals surface area contributed by atoms with E-state index < -0.39 is 0 Å². The predicted octanol–water partition coefficient (Wildman–Crippen LogP) is 5.28. The SMILES string of the molecule is C=CC(C)C(=O)C1=C(C(=C)C)CC(C)(COCc2ccc(OC)cc2)C1. The van der Waals surface area contributed by atoms with Crippen LogP contribution in [-0.4, -0.2) is 19.5 Å². The number of methoxy groups -OCH3 is 1. The van der Waals surface area contributed by atoms with Gasteiger partial charge in [-0.1, -0.05) is 44.2 Å². The quantitative estimate of drug-likeness (QED) is 0.566. The molecule has 3 nitrogen and oxygen atoms in total.